The minimum atomic E-state index is -0.238. The highest BCUT2D eigenvalue weighted by molar-refractivity contribution is 5.74. The van der Waals surface area contributed by atoms with E-state index in [1.54, 1.807) is 26.2 Å². The van der Waals surface area contributed by atoms with E-state index in [4.69, 9.17) is 9.47 Å². The molecule has 0 N–H and O–H groups in total. The number of methoxy groups -OCH3 is 2. The van der Waals surface area contributed by atoms with E-state index in [0.717, 1.165) is 30.9 Å². The van der Waals surface area contributed by atoms with Gasteiger partial charge in [0.2, 0.25) is 5.91 Å². The number of likely N-dealkylation sites (tertiary alicyclic amines) is 2. The second kappa shape index (κ2) is 8.03. The van der Waals surface area contributed by atoms with Crippen LogP contribution in [0.15, 0.2) is 42.5 Å². The van der Waals surface area contributed by atoms with E-state index < -0.39 is 0 Å². The predicted octanol–water partition coefficient (Wildman–Crippen LogP) is 3.49. The summed E-state index contributed by atoms with van der Waals surface area (Å²) in [4.78, 5) is 16.6. The fourth-order valence-electron chi connectivity index (χ4n) is 4.84. The van der Waals surface area contributed by atoms with Crippen LogP contribution in [0.3, 0.4) is 0 Å². The quantitative estimate of drug-likeness (QED) is 0.773. The molecule has 0 saturated carbocycles. The first-order valence-electron chi connectivity index (χ1n) is 9.96. The minimum absolute atomic E-state index is 0.0501. The average molecular weight is 398 g/mol. The summed E-state index contributed by atoms with van der Waals surface area (Å²) in [5, 5.41) is 0. The molecule has 2 saturated heterocycles. The molecule has 29 heavy (non-hydrogen) atoms. The monoisotopic (exact) mass is 398 g/mol. The second-order valence-corrected chi connectivity index (χ2v) is 7.96. The highest BCUT2D eigenvalue weighted by atomic mass is 19.1. The van der Waals surface area contributed by atoms with E-state index in [1.165, 1.54) is 13.2 Å². The Balaban J connectivity index is 1.52. The van der Waals surface area contributed by atoms with Crippen molar-refractivity contribution in [3.63, 3.8) is 0 Å². The van der Waals surface area contributed by atoms with E-state index >= 15 is 0 Å². The molecule has 6 heteroatoms. The Morgan fingerprint density at radius 3 is 2.34 bits per heavy atom. The summed E-state index contributed by atoms with van der Waals surface area (Å²) in [6.45, 7) is 4.67. The lowest BCUT2D eigenvalue weighted by molar-refractivity contribution is -0.130. The van der Waals surface area contributed by atoms with Gasteiger partial charge in [-0.3, -0.25) is 9.69 Å². The first-order valence-corrected chi connectivity index (χ1v) is 9.96. The van der Waals surface area contributed by atoms with Gasteiger partial charge in [0.1, 0.15) is 17.3 Å². The molecule has 2 aliphatic heterocycles. The van der Waals surface area contributed by atoms with Crippen molar-refractivity contribution in [2.45, 2.75) is 19.5 Å². The lowest BCUT2D eigenvalue weighted by atomic mass is 9.89. The zero-order valence-electron chi connectivity index (χ0n) is 17.1. The largest absolute Gasteiger partial charge is 0.497 e. The van der Waals surface area contributed by atoms with Gasteiger partial charge in [0.05, 0.1) is 20.3 Å². The third-order valence-corrected chi connectivity index (χ3v) is 6.26. The van der Waals surface area contributed by atoms with Crippen LogP contribution in [0.1, 0.15) is 24.1 Å². The third-order valence-electron chi connectivity index (χ3n) is 6.26. The van der Waals surface area contributed by atoms with Gasteiger partial charge in [0, 0.05) is 50.7 Å². The van der Waals surface area contributed by atoms with Crippen molar-refractivity contribution in [2.24, 2.45) is 11.8 Å². The number of hydrogen-bond donors (Lipinski definition) is 0. The first-order chi connectivity index (χ1) is 14.0. The van der Waals surface area contributed by atoms with Crippen molar-refractivity contribution in [1.29, 1.82) is 0 Å². The van der Waals surface area contributed by atoms with Crippen LogP contribution >= 0.6 is 0 Å². The second-order valence-electron chi connectivity index (χ2n) is 7.96. The molecule has 1 amide bonds. The predicted molar refractivity (Wildman–Crippen MR) is 108 cm³/mol. The minimum Gasteiger partial charge on any atom is -0.497 e. The molecule has 0 bridgehead atoms. The van der Waals surface area contributed by atoms with Gasteiger partial charge >= 0.3 is 0 Å². The fraction of sp³-hybridized carbons (Fsp3) is 0.435. The van der Waals surface area contributed by atoms with Crippen molar-refractivity contribution in [3.8, 4) is 11.5 Å². The Labute approximate surface area is 171 Å². The van der Waals surface area contributed by atoms with E-state index in [1.807, 2.05) is 29.2 Å². The van der Waals surface area contributed by atoms with Crippen LogP contribution in [0.25, 0.3) is 0 Å². The van der Waals surface area contributed by atoms with E-state index in [9.17, 15) is 9.18 Å². The molecule has 0 aromatic heterocycles. The molecule has 2 heterocycles. The SMILES string of the molecule is COc1ccc([C@H]2[C@@H]3CN(Cc4ccc(OC)cc4F)C[C@@H]3CN2C(C)=O)cc1. The summed E-state index contributed by atoms with van der Waals surface area (Å²) >= 11 is 0. The van der Waals surface area contributed by atoms with Crippen molar-refractivity contribution < 1.29 is 18.7 Å². The number of amides is 1. The summed E-state index contributed by atoms with van der Waals surface area (Å²) in [5.41, 5.74) is 1.81. The number of rotatable bonds is 5. The number of fused-ring (bicyclic) bond motifs is 1. The number of halogens is 1. The van der Waals surface area contributed by atoms with Gasteiger partial charge in [-0.15, -0.1) is 0 Å². The zero-order chi connectivity index (χ0) is 20.5. The van der Waals surface area contributed by atoms with Gasteiger partial charge in [-0.2, -0.15) is 0 Å². The Hall–Kier alpha value is -2.60. The summed E-state index contributed by atoms with van der Waals surface area (Å²) in [6.07, 6.45) is 0. The van der Waals surface area contributed by atoms with Gasteiger partial charge in [-0.05, 0) is 29.7 Å². The molecule has 2 fully saturated rings. The third kappa shape index (κ3) is 3.81. The summed E-state index contributed by atoms with van der Waals surface area (Å²) in [6, 6.07) is 13.1. The van der Waals surface area contributed by atoms with Crippen LogP contribution in [-0.2, 0) is 11.3 Å². The van der Waals surface area contributed by atoms with Gasteiger partial charge < -0.3 is 14.4 Å². The van der Waals surface area contributed by atoms with Crippen LogP contribution in [0, 0.1) is 17.7 Å². The van der Waals surface area contributed by atoms with Gasteiger partial charge in [0.15, 0.2) is 0 Å². The Morgan fingerprint density at radius 1 is 1.03 bits per heavy atom. The molecule has 3 atom stereocenters. The number of ether oxygens (including phenoxy) is 2. The number of hydrogen-bond acceptors (Lipinski definition) is 4. The molecule has 0 radical (unpaired) electrons. The topological polar surface area (TPSA) is 42.0 Å². The molecule has 0 unspecified atom stereocenters. The molecule has 2 aliphatic rings. The van der Waals surface area contributed by atoms with E-state index in [-0.39, 0.29) is 17.8 Å². The van der Waals surface area contributed by atoms with Crippen LogP contribution in [0.5, 0.6) is 11.5 Å². The Morgan fingerprint density at radius 2 is 1.72 bits per heavy atom. The molecule has 5 nitrogen and oxygen atoms in total. The van der Waals surface area contributed by atoms with Crippen molar-refractivity contribution >= 4 is 5.91 Å². The normalized spacial score (nSPS) is 23.9. The van der Waals surface area contributed by atoms with Crippen LogP contribution in [-0.4, -0.2) is 49.6 Å². The van der Waals surface area contributed by atoms with Gasteiger partial charge in [0.25, 0.3) is 0 Å². The van der Waals surface area contributed by atoms with Gasteiger partial charge in [-0.1, -0.05) is 18.2 Å². The number of nitrogens with zero attached hydrogens (tertiary/aromatic N) is 2. The molecular weight excluding hydrogens is 371 g/mol. The van der Waals surface area contributed by atoms with Crippen LogP contribution in [0.4, 0.5) is 4.39 Å². The van der Waals surface area contributed by atoms with Crippen molar-refractivity contribution in [1.82, 2.24) is 9.80 Å². The maximum atomic E-state index is 14.4. The molecule has 0 aliphatic carbocycles. The number of carbonyl (C=O) groups excluding carboxylic acids is 1. The fourth-order valence-corrected chi connectivity index (χ4v) is 4.84. The van der Waals surface area contributed by atoms with E-state index in [0.29, 0.717) is 29.7 Å². The Kier molecular flexibility index (Phi) is 5.46. The molecule has 154 valence electrons. The average Bonchev–Trinajstić information content (AvgIpc) is 3.27. The number of carbonyl (C=O) groups is 1. The van der Waals surface area contributed by atoms with Gasteiger partial charge in [-0.25, -0.2) is 4.39 Å². The first kappa shape index (κ1) is 19.7. The van der Waals surface area contributed by atoms with Crippen LogP contribution < -0.4 is 9.47 Å². The van der Waals surface area contributed by atoms with Crippen molar-refractivity contribution in [3.05, 3.63) is 59.4 Å². The van der Waals surface area contributed by atoms with E-state index in [2.05, 4.69) is 4.90 Å². The molecule has 4 rings (SSSR count). The van der Waals surface area contributed by atoms with Crippen molar-refractivity contribution in [2.75, 3.05) is 33.9 Å². The molecule has 0 spiro atoms. The highest BCUT2D eigenvalue weighted by Crippen LogP contribution is 2.45. The smallest absolute Gasteiger partial charge is 0.219 e. The number of benzene rings is 2. The highest BCUT2D eigenvalue weighted by Gasteiger charge is 2.48. The standard InChI is InChI=1S/C23H27FN2O3/c1-15(27)26-13-18-12-25(11-17-6-9-20(29-3)10-22(17)24)14-21(18)23(26)16-4-7-19(28-2)8-5-16/h4-10,18,21,23H,11-14H2,1-3H3/t18-,21-,23+/m1/s1. The summed E-state index contributed by atoms with van der Waals surface area (Å²) in [7, 11) is 3.19. The lowest BCUT2D eigenvalue weighted by Crippen LogP contribution is -2.34. The van der Waals surface area contributed by atoms with Crippen LogP contribution in [0.2, 0.25) is 0 Å². The lowest BCUT2D eigenvalue weighted by Gasteiger charge is -2.29. The molecule has 2 aromatic rings. The maximum absolute atomic E-state index is 14.4. The summed E-state index contributed by atoms with van der Waals surface area (Å²) < 4.78 is 24.8. The Bertz CT molecular complexity index is 886. The summed E-state index contributed by atoms with van der Waals surface area (Å²) in [5.74, 6) is 1.94. The maximum Gasteiger partial charge on any atom is 0.219 e. The molecule has 2 aromatic carbocycles. The zero-order valence-corrected chi connectivity index (χ0v) is 17.1. The molecular formula is C23H27FN2O3.